The fraction of sp³-hybridized carbons (Fsp3) is 0.889. The molecule has 6 nitrogen and oxygen atoms in total. The highest BCUT2D eigenvalue weighted by molar-refractivity contribution is 7.88. The van der Waals surface area contributed by atoms with Crippen LogP contribution in [0.1, 0.15) is 12.8 Å². The number of nitrogens with two attached hydrogens (primary N) is 1. The van der Waals surface area contributed by atoms with Crippen LogP contribution in [0.3, 0.4) is 0 Å². The summed E-state index contributed by atoms with van der Waals surface area (Å²) in [6.45, 7) is 1.64. The lowest BCUT2D eigenvalue weighted by Gasteiger charge is -2.30. The second-order valence-electron chi connectivity index (χ2n) is 4.04. The molecule has 1 aliphatic heterocycles. The molecule has 1 fully saturated rings. The third-order valence-electron chi connectivity index (χ3n) is 2.67. The largest absolute Gasteiger partial charge is 0.355 e. The number of piperidine rings is 1. The van der Waals surface area contributed by atoms with E-state index in [4.69, 9.17) is 5.73 Å². The Labute approximate surface area is 108 Å². The van der Waals surface area contributed by atoms with Gasteiger partial charge in [-0.15, -0.1) is 12.4 Å². The summed E-state index contributed by atoms with van der Waals surface area (Å²) >= 11 is 0. The molecular weight excluding hydrogens is 266 g/mol. The molecule has 1 atom stereocenters. The average molecular weight is 286 g/mol. The first kappa shape index (κ1) is 16.6. The average Bonchev–Trinajstić information content (AvgIpc) is 2.25. The van der Waals surface area contributed by atoms with Crippen LogP contribution >= 0.6 is 12.4 Å². The molecule has 1 aliphatic rings. The van der Waals surface area contributed by atoms with Gasteiger partial charge in [-0.05, 0) is 12.8 Å². The predicted molar refractivity (Wildman–Crippen MR) is 68.5 cm³/mol. The first-order valence-electron chi connectivity index (χ1n) is 5.38. The van der Waals surface area contributed by atoms with Gasteiger partial charge in [0.15, 0.2) is 0 Å². The van der Waals surface area contributed by atoms with Crippen LogP contribution in [-0.4, -0.2) is 51.1 Å². The Morgan fingerprint density at radius 3 is 2.71 bits per heavy atom. The summed E-state index contributed by atoms with van der Waals surface area (Å²) in [6, 6.07) is 0. The van der Waals surface area contributed by atoms with Crippen LogP contribution < -0.4 is 11.1 Å². The second-order valence-corrected chi connectivity index (χ2v) is 6.02. The normalized spacial score (nSPS) is 21.6. The Kier molecular flexibility index (Phi) is 6.99. The zero-order valence-corrected chi connectivity index (χ0v) is 11.5. The smallest absolute Gasteiger partial charge is 0.224 e. The molecule has 0 aromatic rings. The molecule has 0 aromatic heterocycles. The molecule has 8 heteroatoms. The van der Waals surface area contributed by atoms with Crippen LogP contribution in [0.5, 0.6) is 0 Å². The topological polar surface area (TPSA) is 92.5 Å². The van der Waals surface area contributed by atoms with Crippen LogP contribution in [-0.2, 0) is 14.8 Å². The van der Waals surface area contributed by atoms with Gasteiger partial charge >= 0.3 is 0 Å². The molecule has 0 saturated carbocycles. The fourth-order valence-electron chi connectivity index (χ4n) is 1.80. The maximum absolute atomic E-state index is 11.6. The molecule has 0 aromatic carbocycles. The van der Waals surface area contributed by atoms with Gasteiger partial charge in [0.25, 0.3) is 0 Å². The van der Waals surface area contributed by atoms with Crippen molar-refractivity contribution in [3.8, 4) is 0 Å². The molecule has 1 saturated heterocycles. The van der Waals surface area contributed by atoms with Gasteiger partial charge in [0.2, 0.25) is 15.9 Å². The van der Waals surface area contributed by atoms with Crippen LogP contribution in [0.2, 0.25) is 0 Å². The molecule has 0 spiro atoms. The van der Waals surface area contributed by atoms with Crippen molar-refractivity contribution in [2.24, 2.45) is 11.7 Å². The fourth-order valence-corrected chi connectivity index (χ4v) is 2.71. The Morgan fingerprint density at radius 1 is 1.53 bits per heavy atom. The van der Waals surface area contributed by atoms with E-state index in [9.17, 15) is 13.2 Å². The summed E-state index contributed by atoms with van der Waals surface area (Å²) < 4.78 is 24.0. The van der Waals surface area contributed by atoms with Gasteiger partial charge in [-0.2, -0.15) is 0 Å². The summed E-state index contributed by atoms with van der Waals surface area (Å²) in [6.07, 6.45) is 2.64. The Balaban J connectivity index is 0.00000256. The predicted octanol–water partition coefficient (Wildman–Crippen LogP) is -0.845. The van der Waals surface area contributed by atoms with E-state index < -0.39 is 10.0 Å². The number of nitrogens with zero attached hydrogens (tertiary/aromatic N) is 1. The van der Waals surface area contributed by atoms with Crippen LogP contribution in [0, 0.1) is 5.92 Å². The minimum Gasteiger partial charge on any atom is -0.355 e. The van der Waals surface area contributed by atoms with Gasteiger partial charge in [0.05, 0.1) is 12.2 Å². The maximum Gasteiger partial charge on any atom is 0.224 e. The molecule has 102 valence electrons. The number of carbonyl (C=O) groups is 1. The van der Waals surface area contributed by atoms with E-state index in [1.165, 1.54) is 10.6 Å². The maximum atomic E-state index is 11.6. The lowest BCUT2D eigenvalue weighted by atomic mass is 9.99. The van der Waals surface area contributed by atoms with E-state index in [2.05, 4.69) is 5.32 Å². The molecule has 1 unspecified atom stereocenters. The van der Waals surface area contributed by atoms with Gasteiger partial charge in [0.1, 0.15) is 0 Å². The lowest BCUT2D eigenvalue weighted by molar-refractivity contribution is -0.125. The Morgan fingerprint density at radius 2 is 2.18 bits per heavy atom. The van der Waals surface area contributed by atoms with E-state index >= 15 is 0 Å². The van der Waals surface area contributed by atoms with Crippen molar-refractivity contribution in [3.05, 3.63) is 0 Å². The molecule has 0 bridgehead atoms. The van der Waals surface area contributed by atoms with Crippen molar-refractivity contribution >= 4 is 28.3 Å². The van der Waals surface area contributed by atoms with Gasteiger partial charge < -0.3 is 11.1 Å². The number of carbonyl (C=O) groups excluding carboxylic acids is 1. The number of hydrogen-bond donors (Lipinski definition) is 2. The molecule has 17 heavy (non-hydrogen) atoms. The van der Waals surface area contributed by atoms with Crippen LogP contribution in [0.15, 0.2) is 0 Å². The molecule has 3 N–H and O–H groups in total. The summed E-state index contributed by atoms with van der Waals surface area (Å²) in [5.41, 5.74) is 5.28. The van der Waals surface area contributed by atoms with Gasteiger partial charge in [-0.1, -0.05) is 0 Å². The summed E-state index contributed by atoms with van der Waals surface area (Å²) in [5, 5.41) is 2.69. The quantitative estimate of drug-likeness (QED) is 0.704. The van der Waals surface area contributed by atoms with Crippen molar-refractivity contribution in [2.45, 2.75) is 12.8 Å². The van der Waals surface area contributed by atoms with Crippen molar-refractivity contribution in [3.63, 3.8) is 0 Å². The number of nitrogens with one attached hydrogen (secondary N) is 1. The van der Waals surface area contributed by atoms with E-state index in [1.54, 1.807) is 0 Å². The van der Waals surface area contributed by atoms with Crippen molar-refractivity contribution in [2.75, 3.05) is 32.4 Å². The summed E-state index contributed by atoms with van der Waals surface area (Å²) in [7, 11) is -3.18. The summed E-state index contributed by atoms with van der Waals surface area (Å²) in [4.78, 5) is 11.6. The van der Waals surface area contributed by atoms with E-state index in [0.717, 1.165) is 12.8 Å². The Bertz CT molecular complexity index is 347. The number of sulfonamides is 1. The standard InChI is InChI=1S/C9H19N3O3S.ClH/c1-16(14,15)12-6-2-3-8(7-12)9(13)11-5-4-10;/h8H,2-7,10H2,1H3,(H,11,13);1H. The highest BCUT2D eigenvalue weighted by Crippen LogP contribution is 2.18. The first-order valence-corrected chi connectivity index (χ1v) is 7.23. The van der Waals surface area contributed by atoms with Crippen LogP contribution in [0.4, 0.5) is 0 Å². The second kappa shape index (κ2) is 7.15. The van der Waals surface area contributed by atoms with Crippen LogP contribution in [0.25, 0.3) is 0 Å². The SMILES string of the molecule is CS(=O)(=O)N1CCCC(C(=O)NCCN)C1.Cl. The molecule has 1 amide bonds. The number of rotatable bonds is 4. The molecule has 0 aliphatic carbocycles. The lowest BCUT2D eigenvalue weighted by Crippen LogP contribution is -2.45. The third-order valence-corrected chi connectivity index (χ3v) is 3.94. The van der Waals surface area contributed by atoms with Gasteiger partial charge in [0, 0.05) is 26.2 Å². The van der Waals surface area contributed by atoms with Gasteiger partial charge in [-0.3, -0.25) is 4.79 Å². The third kappa shape index (κ3) is 5.20. The monoisotopic (exact) mass is 285 g/mol. The highest BCUT2D eigenvalue weighted by Gasteiger charge is 2.29. The number of amides is 1. The van der Waals surface area contributed by atoms with Crippen molar-refractivity contribution in [1.29, 1.82) is 0 Å². The van der Waals surface area contributed by atoms with Crippen molar-refractivity contribution < 1.29 is 13.2 Å². The van der Waals surface area contributed by atoms with E-state index in [-0.39, 0.29) is 30.8 Å². The first-order chi connectivity index (χ1) is 7.45. The zero-order valence-electron chi connectivity index (χ0n) is 9.89. The molecular formula is C9H20ClN3O3S. The highest BCUT2D eigenvalue weighted by atomic mass is 35.5. The van der Waals surface area contributed by atoms with E-state index in [1.807, 2.05) is 0 Å². The number of halogens is 1. The Hall–Kier alpha value is -0.370. The summed E-state index contributed by atoms with van der Waals surface area (Å²) in [5.74, 6) is -0.339. The zero-order chi connectivity index (χ0) is 12.2. The van der Waals surface area contributed by atoms with Gasteiger partial charge in [-0.25, -0.2) is 12.7 Å². The molecule has 1 rings (SSSR count). The minimum absolute atomic E-state index is 0. The molecule has 0 radical (unpaired) electrons. The number of hydrogen-bond acceptors (Lipinski definition) is 4. The van der Waals surface area contributed by atoms with E-state index in [0.29, 0.717) is 19.6 Å². The molecule has 1 heterocycles. The van der Waals surface area contributed by atoms with Crippen molar-refractivity contribution in [1.82, 2.24) is 9.62 Å². The minimum atomic E-state index is -3.18.